The molecule has 0 aliphatic rings. The number of alkyl carbamates (subject to hydrolysis) is 1. The van der Waals surface area contributed by atoms with Gasteiger partial charge in [0.2, 0.25) is 0 Å². The molecule has 1 aromatic heterocycles. The van der Waals surface area contributed by atoms with E-state index in [-0.39, 0.29) is 23.3 Å². The van der Waals surface area contributed by atoms with Gasteiger partial charge < -0.3 is 25.7 Å². The normalized spacial score (nSPS) is 12.0. The summed E-state index contributed by atoms with van der Waals surface area (Å²) in [5.41, 5.74) is 0.640. The molecule has 9 heteroatoms. The van der Waals surface area contributed by atoms with E-state index in [0.29, 0.717) is 13.1 Å². The fourth-order valence-electron chi connectivity index (χ4n) is 2.95. The molecule has 0 bridgehead atoms. The molecule has 9 nitrogen and oxygen atoms in total. The molecule has 0 saturated heterocycles. The molecule has 3 amide bonds. The second kappa shape index (κ2) is 11.9. The van der Waals surface area contributed by atoms with Gasteiger partial charge >= 0.3 is 6.09 Å². The fraction of sp³-hybridized carbons (Fsp3) is 0.478. The Kier molecular flexibility index (Phi) is 9.24. The molecule has 32 heavy (non-hydrogen) atoms. The Bertz CT molecular complexity index is 889. The number of ether oxygens (including phenoxy) is 1. The van der Waals surface area contributed by atoms with Crippen LogP contribution in [0.1, 0.15) is 79.5 Å². The van der Waals surface area contributed by atoms with E-state index in [1.807, 2.05) is 58.0 Å². The van der Waals surface area contributed by atoms with Gasteiger partial charge in [-0.15, -0.1) is 0 Å². The molecule has 0 aliphatic carbocycles. The van der Waals surface area contributed by atoms with Crippen LogP contribution in [0.5, 0.6) is 0 Å². The quantitative estimate of drug-likeness (QED) is 0.419. The maximum Gasteiger partial charge on any atom is 0.407 e. The van der Waals surface area contributed by atoms with Crippen molar-refractivity contribution >= 4 is 17.9 Å². The van der Waals surface area contributed by atoms with Crippen molar-refractivity contribution in [3.05, 3.63) is 53.6 Å². The molecule has 0 aliphatic heterocycles. The molecule has 0 saturated carbocycles. The summed E-state index contributed by atoms with van der Waals surface area (Å²) in [6.07, 6.45) is 3.23. The lowest BCUT2D eigenvalue weighted by Gasteiger charge is -2.19. The highest BCUT2D eigenvalue weighted by Crippen LogP contribution is 2.13. The van der Waals surface area contributed by atoms with Crippen LogP contribution < -0.4 is 16.0 Å². The van der Waals surface area contributed by atoms with Gasteiger partial charge in [-0.25, -0.2) is 9.78 Å². The maximum atomic E-state index is 12.6. The lowest BCUT2D eigenvalue weighted by molar-refractivity contribution is 0.0526. The largest absolute Gasteiger partial charge is 0.444 e. The predicted molar refractivity (Wildman–Crippen MR) is 121 cm³/mol. The number of hydrogen-bond donors (Lipinski definition) is 4. The Morgan fingerprint density at radius 3 is 2.31 bits per heavy atom. The summed E-state index contributed by atoms with van der Waals surface area (Å²) in [4.78, 5) is 43.4. The average Bonchev–Trinajstić information content (AvgIpc) is 3.22. The van der Waals surface area contributed by atoms with Crippen LogP contribution in [0, 0.1) is 0 Å². The molecule has 1 aromatic carbocycles. The topological polar surface area (TPSA) is 125 Å². The first-order chi connectivity index (χ1) is 15.2. The van der Waals surface area contributed by atoms with Gasteiger partial charge in [-0.3, -0.25) is 9.59 Å². The van der Waals surface area contributed by atoms with Crippen molar-refractivity contribution in [1.82, 2.24) is 25.9 Å². The number of benzene rings is 1. The summed E-state index contributed by atoms with van der Waals surface area (Å²) in [6, 6.07) is 9.34. The Morgan fingerprint density at radius 2 is 1.66 bits per heavy atom. The summed E-state index contributed by atoms with van der Waals surface area (Å²) in [5, 5.41) is 8.36. The van der Waals surface area contributed by atoms with Crippen molar-refractivity contribution < 1.29 is 19.1 Å². The SMILES string of the molecule is C[C@@H](NC(=O)c1nc[nH]c1C(=O)NCCCCCNC(=O)OC(C)(C)C)c1ccccc1. The number of imidazole rings is 1. The Morgan fingerprint density at radius 1 is 1.00 bits per heavy atom. The lowest BCUT2D eigenvalue weighted by atomic mass is 10.1. The van der Waals surface area contributed by atoms with Crippen LogP contribution in [0.25, 0.3) is 0 Å². The third kappa shape index (κ3) is 8.41. The van der Waals surface area contributed by atoms with E-state index in [1.165, 1.54) is 6.33 Å². The highest BCUT2D eigenvalue weighted by molar-refractivity contribution is 6.04. The number of nitrogens with zero attached hydrogens (tertiary/aromatic N) is 1. The van der Waals surface area contributed by atoms with Crippen molar-refractivity contribution in [3.8, 4) is 0 Å². The summed E-state index contributed by atoms with van der Waals surface area (Å²) < 4.78 is 5.17. The zero-order chi connectivity index (χ0) is 23.6. The van der Waals surface area contributed by atoms with Crippen LogP contribution in [-0.4, -0.2) is 46.6 Å². The van der Waals surface area contributed by atoms with Crippen molar-refractivity contribution in [2.45, 2.75) is 58.6 Å². The van der Waals surface area contributed by atoms with Crippen LogP contribution >= 0.6 is 0 Å². The monoisotopic (exact) mass is 443 g/mol. The fourth-order valence-corrected chi connectivity index (χ4v) is 2.95. The molecule has 2 rings (SSSR count). The van der Waals surface area contributed by atoms with Gasteiger partial charge in [-0.1, -0.05) is 30.3 Å². The number of carbonyl (C=O) groups is 3. The van der Waals surface area contributed by atoms with E-state index in [0.717, 1.165) is 24.8 Å². The zero-order valence-corrected chi connectivity index (χ0v) is 19.2. The maximum absolute atomic E-state index is 12.6. The summed E-state index contributed by atoms with van der Waals surface area (Å²) in [7, 11) is 0. The molecule has 2 aromatic rings. The minimum absolute atomic E-state index is 0.0619. The molecule has 0 radical (unpaired) electrons. The van der Waals surface area contributed by atoms with Gasteiger partial charge in [0.05, 0.1) is 12.4 Å². The van der Waals surface area contributed by atoms with Gasteiger partial charge in [0.15, 0.2) is 5.69 Å². The van der Waals surface area contributed by atoms with Crippen molar-refractivity contribution in [2.24, 2.45) is 0 Å². The Labute approximate surface area is 188 Å². The summed E-state index contributed by atoms with van der Waals surface area (Å²) in [5.74, 6) is -0.798. The van der Waals surface area contributed by atoms with E-state index in [9.17, 15) is 14.4 Å². The van der Waals surface area contributed by atoms with Crippen molar-refractivity contribution in [1.29, 1.82) is 0 Å². The molecule has 0 unspecified atom stereocenters. The van der Waals surface area contributed by atoms with Gasteiger partial charge in [0, 0.05) is 13.1 Å². The number of H-pyrrole nitrogens is 1. The third-order valence-corrected chi connectivity index (χ3v) is 4.54. The van der Waals surface area contributed by atoms with Crippen LogP contribution in [-0.2, 0) is 4.74 Å². The number of aromatic nitrogens is 2. The molecule has 174 valence electrons. The summed E-state index contributed by atoms with van der Waals surface area (Å²) >= 11 is 0. The first kappa shape index (κ1) is 24.9. The number of unbranched alkanes of at least 4 members (excludes halogenated alkanes) is 2. The predicted octanol–water partition coefficient (Wildman–Crippen LogP) is 3.33. The molecular weight excluding hydrogens is 410 g/mol. The highest BCUT2D eigenvalue weighted by Gasteiger charge is 2.21. The second-order valence-corrected chi connectivity index (χ2v) is 8.48. The standard InChI is InChI=1S/C23H33N5O4/c1-16(17-11-7-5-8-12-17)28-21(30)19-18(26-15-27-19)20(29)24-13-9-6-10-14-25-22(31)32-23(2,3)4/h5,7-8,11-12,15-16H,6,9-10,13-14H2,1-4H3,(H,24,29)(H,25,31)(H,26,27)(H,28,30)/t16-/m1/s1. The first-order valence-electron chi connectivity index (χ1n) is 10.8. The number of rotatable bonds is 10. The average molecular weight is 444 g/mol. The minimum atomic E-state index is -0.517. The van der Waals surface area contributed by atoms with Gasteiger partial charge in [0.25, 0.3) is 11.8 Å². The lowest BCUT2D eigenvalue weighted by Crippen LogP contribution is -2.33. The number of amides is 3. The van der Waals surface area contributed by atoms with E-state index >= 15 is 0 Å². The van der Waals surface area contributed by atoms with Crippen LogP contribution in [0.2, 0.25) is 0 Å². The van der Waals surface area contributed by atoms with E-state index in [2.05, 4.69) is 25.9 Å². The van der Waals surface area contributed by atoms with E-state index < -0.39 is 17.6 Å². The Balaban J connectivity index is 1.71. The van der Waals surface area contributed by atoms with Gasteiger partial charge in [0.1, 0.15) is 11.3 Å². The minimum Gasteiger partial charge on any atom is -0.444 e. The van der Waals surface area contributed by atoms with E-state index in [4.69, 9.17) is 4.74 Å². The van der Waals surface area contributed by atoms with Gasteiger partial charge in [-0.2, -0.15) is 0 Å². The smallest absolute Gasteiger partial charge is 0.407 e. The number of aromatic amines is 1. The molecule has 1 atom stereocenters. The molecule has 0 spiro atoms. The second-order valence-electron chi connectivity index (χ2n) is 8.48. The van der Waals surface area contributed by atoms with Crippen LogP contribution in [0.3, 0.4) is 0 Å². The van der Waals surface area contributed by atoms with Gasteiger partial charge in [-0.05, 0) is 52.5 Å². The number of carbonyl (C=O) groups excluding carboxylic acids is 3. The highest BCUT2D eigenvalue weighted by atomic mass is 16.6. The third-order valence-electron chi connectivity index (χ3n) is 4.54. The van der Waals surface area contributed by atoms with Crippen molar-refractivity contribution in [3.63, 3.8) is 0 Å². The molecule has 4 N–H and O–H groups in total. The first-order valence-corrected chi connectivity index (χ1v) is 10.8. The number of hydrogen-bond acceptors (Lipinski definition) is 5. The van der Waals surface area contributed by atoms with Crippen LogP contribution in [0.4, 0.5) is 4.79 Å². The molecule has 1 heterocycles. The van der Waals surface area contributed by atoms with Crippen molar-refractivity contribution in [2.75, 3.05) is 13.1 Å². The van der Waals surface area contributed by atoms with E-state index in [1.54, 1.807) is 0 Å². The number of nitrogens with one attached hydrogen (secondary N) is 4. The molecular formula is C23H33N5O4. The molecule has 0 fully saturated rings. The Hall–Kier alpha value is -3.36. The van der Waals surface area contributed by atoms with Crippen LogP contribution in [0.15, 0.2) is 36.7 Å². The zero-order valence-electron chi connectivity index (χ0n) is 19.2. The summed E-state index contributed by atoms with van der Waals surface area (Å²) in [6.45, 7) is 8.27.